The SMILES string of the molecule is COc1cc(CC[C@H](O)[C@@H](O)CCc2cc(OC)c3c(c2)OCO3)cc2c1OCO2. The Labute approximate surface area is 174 Å². The minimum Gasteiger partial charge on any atom is -0.493 e. The van der Waals surface area contributed by atoms with E-state index in [9.17, 15) is 10.2 Å². The van der Waals surface area contributed by atoms with Crippen LogP contribution in [0.25, 0.3) is 0 Å². The number of fused-ring (bicyclic) bond motifs is 2. The molecule has 2 atom stereocenters. The molecule has 0 amide bonds. The van der Waals surface area contributed by atoms with Crippen LogP contribution in [0.3, 0.4) is 0 Å². The summed E-state index contributed by atoms with van der Waals surface area (Å²) in [7, 11) is 3.15. The van der Waals surface area contributed by atoms with Gasteiger partial charge < -0.3 is 38.6 Å². The molecule has 0 aromatic heterocycles. The number of hydrogen-bond donors (Lipinski definition) is 2. The number of methoxy groups -OCH3 is 2. The molecule has 0 bridgehead atoms. The molecule has 2 N–H and O–H groups in total. The van der Waals surface area contributed by atoms with Gasteiger partial charge in [-0.2, -0.15) is 0 Å². The van der Waals surface area contributed by atoms with Crippen LogP contribution in [0.1, 0.15) is 24.0 Å². The molecule has 2 heterocycles. The van der Waals surface area contributed by atoms with Crippen LogP contribution in [0.2, 0.25) is 0 Å². The highest BCUT2D eigenvalue weighted by Crippen LogP contribution is 2.43. The highest BCUT2D eigenvalue weighted by Gasteiger charge is 2.23. The van der Waals surface area contributed by atoms with Crippen LogP contribution in [0.4, 0.5) is 0 Å². The number of aliphatic hydroxyl groups excluding tert-OH is 2. The highest BCUT2D eigenvalue weighted by molar-refractivity contribution is 5.56. The predicted molar refractivity (Wildman–Crippen MR) is 107 cm³/mol. The molecule has 8 nitrogen and oxygen atoms in total. The van der Waals surface area contributed by atoms with E-state index in [1.54, 1.807) is 14.2 Å². The Balaban J connectivity index is 1.32. The number of benzene rings is 2. The Morgan fingerprint density at radius 1 is 0.733 bits per heavy atom. The molecule has 0 fully saturated rings. The zero-order valence-corrected chi connectivity index (χ0v) is 17.1. The normalized spacial score (nSPS) is 15.7. The van der Waals surface area contributed by atoms with Gasteiger partial charge in [0.05, 0.1) is 26.4 Å². The van der Waals surface area contributed by atoms with Crippen molar-refractivity contribution >= 4 is 0 Å². The van der Waals surface area contributed by atoms with Gasteiger partial charge in [-0.15, -0.1) is 0 Å². The second-order valence-electron chi connectivity index (χ2n) is 7.28. The van der Waals surface area contributed by atoms with Gasteiger partial charge in [-0.05, 0) is 61.1 Å². The maximum absolute atomic E-state index is 10.4. The molecular weight excluding hydrogens is 392 g/mol. The largest absolute Gasteiger partial charge is 0.493 e. The van der Waals surface area contributed by atoms with Gasteiger partial charge >= 0.3 is 0 Å². The van der Waals surface area contributed by atoms with Crippen LogP contribution >= 0.6 is 0 Å². The van der Waals surface area contributed by atoms with Crippen molar-refractivity contribution < 1.29 is 38.6 Å². The van der Waals surface area contributed by atoms with Gasteiger partial charge in [0.2, 0.25) is 25.1 Å². The lowest BCUT2D eigenvalue weighted by Crippen LogP contribution is -2.27. The predicted octanol–water partition coefficient (Wildman–Crippen LogP) is 2.45. The van der Waals surface area contributed by atoms with Gasteiger partial charge in [0.15, 0.2) is 23.0 Å². The third-order valence-electron chi connectivity index (χ3n) is 5.34. The maximum Gasteiger partial charge on any atom is 0.231 e. The molecule has 2 aromatic carbocycles. The average molecular weight is 418 g/mol. The van der Waals surface area contributed by atoms with Crippen LogP contribution in [-0.2, 0) is 12.8 Å². The van der Waals surface area contributed by atoms with Crippen molar-refractivity contribution in [3.8, 4) is 34.5 Å². The standard InChI is InChI=1S/C22H26O8/c1-25-17-7-13(9-19-21(17)29-11-27-19)3-5-15(23)16(24)6-4-14-8-18(26-2)22-20(10-14)28-12-30-22/h7-10,15-16,23-24H,3-6,11-12H2,1-2H3/t15-,16-/m0/s1. The molecule has 0 spiro atoms. The van der Waals surface area contributed by atoms with Gasteiger partial charge in [0.25, 0.3) is 0 Å². The first-order chi connectivity index (χ1) is 14.6. The Morgan fingerprint density at radius 2 is 1.17 bits per heavy atom. The van der Waals surface area contributed by atoms with Crippen LogP contribution in [0.5, 0.6) is 34.5 Å². The Morgan fingerprint density at radius 3 is 1.57 bits per heavy atom. The molecule has 0 aliphatic carbocycles. The zero-order valence-electron chi connectivity index (χ0n) is 17.1. The van der Waals surface area contributed by atoms with Gasteiger partial charge in [0, 0.05) is 0 Å². The van der Waals surface area contributed by atoms with Crippen LogP contribution in [0.15, 0.2) is 24.3 Å². The Bertz CT molecular complexity index is 824. The number of rotatable bonds is 9. The summed E-state index contributed by atoms with van der Waals surface area (Å²) in [4.78, 5) is 0. The van der Waals surface area contributed by atoms with Crippen molar-refractivity contribution in [3.63, 3.8) is 0 Å². The molecule has 0 saturated heterocycles. The Kier molecular flexibility index (Phi) is 6.06. The molecule has 0 saturated carbocycles. The molecule has 0 radical (unpaired) electrons. The average Bonchev–Trinajstić information content (AvgIpc) is 3.43. The van der Waals surface area contributed by atoms with E-state index in [-0.39, 0.29) is 13.6 Å². The minimum atomic E-state index is -0.850. The molecular formula is C22H26O8. The summed E-state index contributed by atoms with van der Waals surface area (Å²) in [5.74, 6) is 3.67. The van der Waals surface area contributed by atoms with Crippen LogP contribution in [-0.4, -0.2) is 50.2 Å². The number of aliphatic hydroxyl groups is 2. The van der Waals surface area contributed by atoms with Crippen molar-refractivity contribution in [2.24, 2.45) is 0 Å². The molecule has 4 rings (SSSR count). The summed E-state index contributed by atoms with van der Waals surface area (Å²) in [6.07, 6.45) is 0.268. The second-order valence-corrected chi connectivity index (χ2v) is 7.28. The molecule has 0 unspecified atom stereocenters. The maximum atomic E-state index is 10.4. The van der Waals surface area contributed by atoms with E-state index < -0.39 is 12.2 Å². The van der Waals surface area contributed by atoms with E-state index in [0.29, 0.717) is 60.2 Å². The number of ether oxygens (including phenoxy) is 6. The lowest BCUT2D eigenvalue weighted by atomic mass is 9.98. The monoisotopic (exact) mass is 418 g/mol. The van der Waals surface area contributed by atoms with E-state index in [0.717, 1.165) is 11.1 Å². The van der Waals surface area contributed by atoms with E-state index in [4.69, 9.17) is 28.4 Å². The van der Waals surface area contributed by atoms with Gasteiger partial charge in [-0.3, -0.25) is 0 Å². The van der Waals surface area contributed by atoms with Crippen LogP contribution < -0.4 is 28.4 Å². The number of hydrogen-bond acceptors (Lipinski definition) is 8. The van der Waals surface area contributed by atoms with E-state index >= 15 is 0 Å². The van der Waals surface area contributed by atoms with Crippen molar-refractivity contribution in [3.05, 3.63) is 35.4 Å². The summed E-state index contributed by atoms with van der Waals surface area (Å²) in [5.41, 5.74) is 1.89. The third kappa shape index (κ3) is 4.20. The molecule has 2 aliphatic heterocycles. The molecule has 2 aromatic rings. The lowest BCUT2D eigenvalue weighted by Gasteiger charge is -2.18. The summed E-state index contributed by atoms with van der Waals surface area (Å²) in [6.45, 7) is 0.336. The highest BCUT2D eigenvalue weighted by atomic mass is 16.7. The first-order valence-corrected chi connectivity index (χ1v) is 9.88. The van der Waals surface area contributed by atoms with Crippen molar-refractivity contribution in [2.75, 3.05) is 27.8 Å². The third-order valence-corrected chi connectivity index (χ3v) is 5.34. The number of aryl methyl sites for hydroxylation is 2. The fourth-order valence-electron chi connectivity index (χ4n) is 3.67. The lowest BCUT2D eigenvalue weighted by molar-refractivity contribution is 0.0104. The second kappa shape index (κ2) is 8.89. The molecule has 8 heteroatoms. The summed E-state index contributed by atoms with van der Waals surface area (Å²) < 4.78 is 32.3. The van der Waals surface area contributed by atoms with Crippen molar-refractivity contribution in [1.82, 2.24) is 0 Å². The zero-order chi connectivity index (χ0) is 21.1. The van der Waals surface area contributed by atoms with Crippen molar-refractivity contribution in [1.29, 1.82) is 0 Å². The van der Waals surface area contributed by atoms with E-state index in [2.05, 4.69) is 0 Å². The smallest absolute Gasteiger partial charge is 0.231 e. The van der Waals surface area contributed by atoms with Gasteiger partial charge in [0.1, 0.15) is 0 Å². The molecule has 30 heavy (non-hydrogen) atoms. The fourth-order valence-corrected chi connectivity index (χ4v) is 3.67. The van der Waals surface area contributed by atoms with E-state index in [1.165, 1.54) is 0 Å². The summed E-state index contributed by atoms with van der Waals surface area (Å²) in [5, 5.41) is 20.9. The van der Waals surface area contributed by atoms with Gasteiger partial charge in [-0.1, -0.05) is 0 Å². The molecule has 162 valence electrons. The fraction of sp³-hybridized carbons (Fsp3) is 0.455. The quantitative estimate of drug-likeness (QED) is 0.641. The van der Waals surface area contributed by atoms with E-state index in [1.807, 2.05) is 24.3 Å². The summed E-state index contributed by atoms with van der Waals surface area (Å²) in [6, 6.07) is 7.49. The van der Waals surface area contributed by atoms with Crippen LogP contribution in [0, 0.1) is 0 Å². The topological polar surface area (TPSA) is 95.8 Å². The Hall–Kier alpha value is -2.84. The molecule has 2 aliphatic rings. The summed E-state index contributed by atoms with van der Waals surface area (Å²) >= 11 is 0. The first kappa shape index (κ1) is 20.4. The minimum absolute atomic E-state index is 0.168. The first-order valence-electron chi connectivity index (χ1n) is 9.88. The van der Waals surface area contributed by atoms with Gasteiger partial charge in [-0.25, -0.2) is 0 Å². The van der Waals surface area contributed by atoms with Crippen molar-refractivity contribution in [2.45, 2.75) is 37.9 Å².